The van der Waals surface area contributed by atoms with Crippen molar-refractivity contribution in [3.8, 4) is 5.75 Å². The molecule has 7 heteroatoms. The largest absolute Gasteiger partial charge is 0.493 e. The number of rotatable bonds is 6. The molecule has 0 amide bonds. The van der Waals surface area contributed by atoms with Crippen LogP contribution < -0.4 is 15.0 Å². The zero-order valence-corrected chi connectivity index (χ0v) is 16.4. The molecule has 0 unspecified atom stereocenters. The average molecular weight is 380 g/mol. The van der Waals surface area contributed by atoms with E-state index in [1.165, 1.54) is 18.4 Å². The lowest BCUT2D eigenvalue weighted by Gasteiger charge is -2.36. The number of benzene rings is 1. The molecule has 2 heterocycles. The Kier molecular flexibility index (Phi) is 5.89. The van der Waals surface area contributed by atoms with E-state index in [2.05, 4.69) is 48.3 Å². The second-order valence-electron chi connectivity index (χ2n) is 7.29. The first-order valence-electron chi connectivity index (χ1n) is 10.0. The van der Waals surface area contributed by atoms with Crippen LogP contribution in [0.1, 0.15) is 18.4 Å². The Balaban J connectivity index is 1.31. The monoisotopic (exact) mass is 380 g/mol. The van der Waals surface area contributed by atoms with Gasteiger partial charge in [-0.1, -0.05) is 18.2 Å². The molecule has 0 spiro atoms. The first kappa shape index (κ1) is 18.5. The van der Waals surface area contributed by atoms with Gasteiger partial charge in [0.2, 0.25) is 5.95 Å². The smallest absolute Gasteiger partial charge is 0.225 e. The summed E-state index contributed by atoms with van der Waals surface area (Å²) in [6.07, 6.45) is 6.18. The van der Waals surface area contributed by atoms with Gasteiger partial charge in [0.25, 0.3) is 0 Å². The van der Waals surface area contributed by atoms with Crippen LogP contribution >= 0.6 is 0 Å². The second-order valence-corrected chi connectivity index (χ2v) is 7.29. The van der Waals surface area contributed by atoms with Crippen molar-refractivity contribution < 1.29 is 4.74 Å². The van der Waals surface area contributed by atoms with Gasteiger partial charge in [0, 0.05) is 57.7 Å². The summed E-state index contributed by atoms with van der Waals surface area (Å²) in [5.74, 6) is 3.44. The fraction of sp³-hybridized carbons (Fsp3) is 0.476. The summed E-state index contributed by atoms with van der Waals surface area (Å²) in [5, 5.41) is 3.50. The highest BCUT2D eigenvalue weighted by atomic mass is 16.5. The van der Waals surface area contributed by atoms with Crippen LogP contribution in [0.4, 0.5) is 5.95 Å². The maximum Gasteiger partial charge on any atom is 0.225 e. The number of hydrogen-bond donors (Lipinski definition) is 1. The minimum absolute atomic E-state index is 0.704. The van der Waals surface area contributed by atoms with Crippen molar-refractivity contribution in [2.24, 2.45) is 10.9 Å². The Morgan fingerprint density at radius 2 is 1.86 bits per heavy atom. The molecular formula is C21H28N6O. The SMILES string of the molecule is CN=C(NCc1ccccc1OCC1CC1)N1CCN(c2ncccn2)CC1. The number of ether oxygens (including phenoxy) is 1. The maximum atomic E-state index is 6.02. The lowest BCUT2D eigenvalue weighted by atomic mass is 10.2. The molecule has 0 radical (unpaired) electrons. The van der Waals surface area contributed by atoms with Crippen molar-refractivity contribution in [2.75, 3.05) is 44.7 Å². The molecule has 1 aromatic heterocycles. The Morgan fingerprint density at radius 3 is 2.57 bits per heavy atom. The first-order chi connectivity index (χ1) is 13.8. The quantitative estimate of drug-likeness (QED) is 0.612. The second kappa shape index (κ2) is 8.91. The fourth-order valence-corrected chi connectivity index (χ4v) is 3.36. The number of aromatic nitrogens is 2. The van der Waals surface area contributed by atoms with Gasteiger partial charge in [-0.2, -0.15) is 0 Å². The van der Waals surface area contributed by atoms with Gasteiger partial charge >= 0.3 is 0 Å². The van der Waals surface area contributed by atoms with Crippen LogP contribution in [-0.2, 0) is 6.54 Å². The fourth-order valence-electron chi connectivity index (χ4n) is 3.36. The maximum absolute atomic E-state index is 6.02. The summed E-state index contributed by atoms with van der Waals surface area (Å²) in [4.78, 5) is 17.7. The van der Waals surface area contributed by atoms with Crippen molar-refractivity contribution in [1.29, 1.82) is 0 Å². The van der Waals surface area contributed by atoms with Crippen molar-refractivity contribution in [2.45, 2.75) is 19.4 Å². The molecule has 0 atom stereocenters. The third-order valence-corrected chi connectivity index (χ3v) is 5.21. The molecule has 1 aromatic carbocycles. The Bertz CT molecular complexity index is 784. The number of para-hydroxylation sites is 1. The Labute approximate surface area is 166 Å². The molecule has 2 aliphatic rings. The normalized spacial score (nSPS) is 17.5. The summed E-state index contributed by atoms with van der Waals surface area (Å²) >= 11 is 0. The van der Waals surface area contributed by atoms with E-state index in [1.807, 2.05) is 19.2 Å². The summed E-state index contributed by atoms with van der Waals surface area (Å²) < 4.78 is 6.02. The number of anilines is 1. The number of piperazine rings is 1. The number of guanidine groups is 1. The minimum atomic E-state index is 0.704. The van der Waals surface area contributed by atoms with Gasteiger partial charge in [-0.3, -0.25) is 4.99 Å². The molecule has 148 valence electrons. The Hall–Kier alpha value is -2.83. The molecule has 2 aromatic rings. The number of hydrogen-bond acceptors (Lipinski definition) is 5. The van der Waals surface area contributed by atoms with Gasteiger partial charge in [-0.15, -0.1) is 0 Å². The third kappa shape index (κ3) is 4.71. The van der Waals surface area contributed by atoms with E-state index in [4.69, 9.17) is 4.74 Å². The van der Waals surface area contributed by atoms with Gasteiger partial charge < -0.3 is 19.9 Å². The van der Waals surface area contributed by atoms with Crippen LogP contribution in [0, 0.1) is 5.92 Å². The molecule has 1 saturated heterocycles. The van der Waals surface area contributed by atoms with Gasteiger partial charge in [0.05, 0.1) is 6.61 Å². The van der Waals surface area contributed by atoms with Crippen LogP contribution in [0.15, 0.2) is 47.7 Å². The van der Waals surface area contributed by atoms with Gasteiger partial charge in [0.15, 0.2) is 5.96 Å². The standard InChI is InChI=1S/C21H28N6O/c1-22-20(26-11-13-27(14-12-26)21-23-9-4-10-24-21)25-15-18-5-2-3-6-19(18)28-16-17-7-8-17/h2-6,9-10,17H,7-8,11-16H2,1H3,(H,22,25). The van der Waals surface area contributed by atoms with E-state index < -0.39 is 0 Å². The number of nitrogens with zero attached hydrogens (tertiary/aromatic N) is 5. The predicted octanol–water partition coefficient (Wildman–Crippen LogP) is 2.16. The van der Waals surface area contributed by atoms with E-state index in [0.29, 0.717) is 6.54 Å². The van der Waals surface area contributed by atoms with Crippen LogP contribution in [0.5, 0.6) is 5.75 Å². The van der Waals surface area contributed by atoms with Crippen LogP contribution in [0.3, 0.4) is 0 Å². The third-order valence-electron chi connectivity index (χ3n) is 5.21. The van der Waals surface area contributed by atoms with Crippen LogP contribution in [0.25, 0.3) is 0 Å². The van der Waals surface area contributed by atoms with Crippen molar-refractivity contribution >= 4 is 11.9 Å². The summed E-state index contributed by atoms with van der Waals surface area (Å²) in [5.41, 5.74) is 1.17. The molecule has 4 rings (SSSR count). The molecular weight excluding hydrogens is 352 g/mol. The van der Waals surface area contributed by atoms with E-state index in [0.717, 1.165) is 56.4 Å². The van der Waals surface area contributed by atoms with Crippen LogP contribution in [0.2, 0.25) is 0 Å². The zero-order valence-electron chi connectivity index (χ0n) is 16.4. The lowest BCUT2D eigenvalue weighted by Crippen LogP contribution is -2.52. The molecule has 1 aliphatic heterocycles. The van der Waals surface area contributed by atoms with E-state index >= 15 is 0 Å². The van der Waals surface area contributed by atoms with E-state index in [1.54, 1.807) is 12.4 Å². The van der Waals surface area contributed by atoms with Crippen molar-refractivity contribution in [3.05, 3.63) is 48.3 Å². The first-order valence-corrected chi connectivity index (χ1v) is 10.0. The molecule has 0 bridgehead atoms. The molecule has 1 N–H and O–H groups in total. The van der Waals surface area contributed by atoms with Gasteiger partial charge in [-0.25, -0.2) is 9.97 Å². The highest BCUT2D eigenvalue weighted by molar-refractivity contribution is 5.80. The van der Waals surface area contributed by atoms with Crippen LogP contribution in [-0.4, -0.2) is 60.7 Å². The molecule has 7 nitrogen and oxygen atoms in total. The summed E-state index contributed by atoms with van der Waals surface area (Å²) in [6.45, 7) is 5.07. The highest BCUT2D eigenvalue weighted by Gasteiger charge is 2.23. The topological polar surface area (TPSA) is 65.9 Å². The summed E-state index contributed by atoms with van der Waals surface area (Å²) in [7, 11) is 1.84. The van der Waals surface area contributed by atoms with Gasteiger partial charge in [-0.05, 0) is 30.9 Å². The predicted molar refractivity (Wildman–Crippen MR) is 111 cm³/mol. The molecule has 2 fully saturated rings. The highest BCUT2D eigenvalue weighted by Crippen LogP contribution is 2.30. The van der Waals surface area contributed by atoms with Crippen molar-refractivity contribution in [3.63, 3.8) is 0 Å². The summed E-state index contributed by atoms with van der Waals surface area (Å²) in [6, 6.07) is 10.1. The molecule has 1 aliphatic carbocycles. The number of nitrogens with one attached hydrogen (secondary N) is 1. The minimum Gasteiger partial charge on any atom is -0.493 e. The average Bonchev–Trinajstić information content (AvgIpc) is 3.59. The lowest BCUT2D eigenvalue weighted by molar-refractivity contribution is 0.296. The molecule has 1 saturated carbocycles. The van der Waals surface area contributed by atoms with E-state index in [9.17, 15) is 0 Å². The number of aliphatic imine (C=N–C) groups is 1. The Morgan fingerprint density at radius 1 is 1.11 bits per heavy atom. The zero-order chi connectivity index (χ0) is 19.2. The van der Waals surface area contributed by atoms with Gasteiger partial charge in [0.1, 0.15) is 5.75 Å². The molecule has 28 heavy (non-hydrogen) atoms. The van der Waals surface area contributed by atoms with Crippen molar-refractivity contribution in [1.82, 2.24) is 20.2 Å². The van der Waals surface area contributed by atoms with E-state index in [-0.39, 0.29) is 0 Å².